The van der Waals surface area contributed by atoms with Crippen molar-refractivity contribution in [2.24, 2.45) is 0 Å². The lowest BCUT2D eigenvalue weighted by Crippen LogP contribution is -2.33. The molecule has 12 aromatic rings. The number of nitrogens with zero attached hydrogens (tertiary/aromatic N) is 3. The molecule has 292 valence electrons. The second-order valence-corrected chi connectivity index (χ2v) is 16.7. The molecule has 0 saturated carbocycles. The SMILES string of the molecule is c1ccc(-c2ccccc2-c2cc(-c3cccc4c3oc3ccccc34)nc(-c3cccc4c3-c3ccccc3C43c4ccccc4-n4c5ccccc5c5cccc3c54)n2)cc1. The van der Waals surface area contributed by atoms with Crippen molar-refractivity contribution in [1.29, 1.82) is 0 Å². The van der Waals surface area contributed by atoms with Crippen LogP contribution in [0.4, 0.5) is 0 Å². The van der Waals surface area contributed by atoms with Gasteiger partial charge < -0.3 is 8.98 Å². The van der Waals surface area contributed by atoms with Crippen molar-refractivity contribution in [3.8, 4) is 61.8 Å². The predicted octanol–water partition coefficient (Wildman–Crippen LogP) is 14.8. The number of fused-ring (bicyclic) bond motifs is 15. The fraction of sp³-hybridized carbons (Fsp3) is 0.0169. The van der Waals surface area contributed by atoms with Crippen molar-refractivity contribution >= 4 is 43.7 Å². The van der Waals surface area contributed by atoms with E-state index in [2.05, 4.69) is 205 Å². The standard InChI is InChI=1S/C59H35N3O/c1-2-17-36(18-3-1)37-19-4-5-20-38(37)50-35-51(44-26-14-25-42-40-22-8-13-34-54(40)63-57(42)44)61-58(60-50)45-27-16-30-48-55(45)43-23-6-9-28-46(43)59(48)47-29-10-12-33-53(47)62-52-32-11-7-21-39(52)41-24-15-31-49(59)56(41)62/h1-35H. The summed E-state index contributed by atoms with van der Waals surface area (Å²) in [6.45, 7) is 0. The molecule has 4 heteroatoms. The lowest BCUT2D eigenvalue weighted by molar-refractivity contribution is 0.670. The van der Waals surface area contributed by atoms with Crippen molar-refractivity contribution in [2.75, 3.05) is 0 Å². The van der Waals surface area contributed by atoms with Gasteiger partial charge in [-0.05, 0) is 74.8 Å². The van der Waals surface area contributed by atoms with Gasteiger partial charge in [0, 0.05) is 38.2 Å². The van der Waals surface area contributed by atoms with E-state index in [1.165, 1.54) is 55.3 Å². The van der Waals surface area contributed by atoms with Crippen LogP contribution in [0.1, 0.15) is 22.3 Å². The van der Waals surface area contributed by atoms with Crippen LogP contribution in [0.5, 0.6) is 0 Å². The van der Waals surface area contributed by atoms with Gasteiger partial charge in [-0.15, -0.1) is 0 Å². The molecule has 2 aliphatic rings. The average molecular weight is 802 g/mol. The molecule has 4 heterocycles. The third-order valence-electron chi connectivity index (χ3n) is 13.7. The molecule has 1 spiro atoms. The minimum absolute atomic E-state index is 0.595. The molecule has 1 atom stereocenters. The number of aromatic nitrogens is 3. The molecule has 0 bridgehead atoms. The zero-order chi connectivity index (χ0) is 41.2. The van der Waals surface area contributed by atoms with Crippen molar-refractivity contribution in [1.82, 2.24) is 14.5 Å². The van der Waals surface area contributed by atoms with Gasteiger partial charge in [0.15, 0.2) is 5.82 Å². The Morgan fingerprint density at radius 3 is 1.87 bits per heavy atom. The normalized spacial score (nSPS) is 14.7. The predicted molar refractivity (Wildman–Crippen MR) is 256 cm³/mol. The van der Waals surface area contributed by atoms with Crippen molar-refractivity contribution < 1.29 is 4.42 Å². The van der Waals surface area contributed by atoms with E-state index < -0.39 is 5.41 Å². The fourth-order valence-electron chi connectivity index (χ4n) is 11.2. The first-order chi connectivity index (χ1) is 31.3. The Labute approximate surface area is 363 Å². The minimum atomic E-state index is -0.595. The summed E-state index contributed by atoms with van der Waals surface area (Å²) in [5.41, 5.74) is 19.0. The quantitative estimate of drug-likeness (QED) is 0.178. The molecule has 1 unspecified atom stereocenters. The van der Waals surface area contributed by atoms with Crippen LogP contribution in [-0.4, -0.2) is 14.5 Å². The highest BCUT2D eigenvalue weighted by atomic mass is 16.3. The average Bonchev–Trinajstić information content (AvgIpc) is 4.01. The van der Waals surface area contributed by atoms with Crippen LogP contribution in [-0.2, 0) is 5.41 Å². The Morgan fingerprint density at radius 1 is 0.397 bits per heavy atom. The third-order valence-corrected chi connectivity index (χ3v) is 13.7. The van der Waals surface area contributed by atoms with E-state index in [1.54, 1.807) is 0 Å². The zero-order valence-corrected chi connectivity index (χ0v) is 34.0. The summed E-state index contributed by atoms with van der Waals surface area (Å²) in [4.78, 5) is 11.2. The van der Waals surface area contributed by atoms with Crippen LogP contribution in [0.2, 0.25) is 0 Å². The van der Waals surface area contributed by atoms with Crippen LogP contribution < -0.4 is 0 Å². The Kier molecular flexibility index (Phi) is 7.01. The highest BCUT2D eigenvalue weighted by molar-refractivity contribution is 6.13. The molecule has 1 aliphatic heterocycles. The highest BCUT2D eigenvalue weighted by Crippen LogP contribution is 2.62. The first kappa shape index (κ1) is 34.4. The first-order valence-electron chi connectivity index (χ1n) is 21.6. The van der Waals surface area contributed by atoms with Crippen LogP contribution >= 0.6 is 0 Å². The smallest absolute Gasteiger partial charge is 0.161 e. The number of para-hydroxylation sites is 5. The van der Waals surface area contributed by atoms with Gasteiger partial charge >= 0.3 is 0 Å². The van der Waals surface area contributed by atoms with Gasteiger partial charge in [-0.3, -0.25) is 0 Å². The van der Waals surface area contributed by atoms with Crippen LogP contribution in [0.3, 0.4) is 0 Å². The number of hydrogen-bond donors (Lipinski definition) is 0. The second-order valence-electron chi connectivity index (χ2n) is 16.7. The summed E-state index contributed by atoms with van der Waals surface area (Å²) in [5, 5.41) is 4.67. The van der Waals surface area contributed by atoms with Crippen LogP contribution in [0.25, 0.3) is 106 Å². The molecule has 0 amide bonds. The Bertz CT molecular complexity index is 3880. The Hall–Kier alpha value is -8.34. The molecule has 1 aliphatic carbocycles. The van der Waals surface area contributed by atoms with Crippen molar-refractivity contribution in [2.45, 2.75) is 5.41 Å². The molecular weight excluding hydrogens is 767 g/mol. The number of hydrogen-bond acceptors (Lipinski definition) is 3. The van der Waals surface area contributed by atoms with E-state index >= 15 is 0 Å². The van der Waals surface area contributed by atoms with E-state index in [1.807, 2.05) is 12.1 Å². The molecule has 14 rings (SSSR count). The molecule has 0 radical (unpaired) electrons. The summed E-state index contributed by atoms with van der Waals surface area (Å²) in [7, 11) is 0. The molecular formula is C59H35N3O. The maximum atomic E-state index is 6.67. The molecule has 0 saturated heterocycles. The van der Waals surface area contributed by atoms with E-state index in [4.69, 9.17) is 14.4 Å². The summed E-state index contributed by atoms with van der Waals surface area (Å²) in [6, 6.07) is 76.4. The fourth-order valence-corrected chi connectivity index (χ4v) is 11.2. The van der Waals surface area contributed by atoms with Crippen LogP contribution in [0, 0.1) is 0 Å². The number of rotatable bonds is 4. The summed E-state index contributed by atoms with van der Waals surface area (Å²) >= 11 is 0. The van der Waals surface area contributed by atoms with E-state index in [0.717, 1.165) is 66.7 Å². The van der Waals surface area contributed by atoms with Gasteiger partial charge in [0.1, 0.15) is 11.2 Å². The summed E-state index contributed by atoms with van der Waals surface area (Å²) < 4.78 is 9.16. The molecule has 9 aromatic carbocycles. The van der Waals surface area contributed by atoms with Gasteiger partial charge in [0.2, 0.25) is 0 Å². The number of furan rings is 1. The maximum absolute atomic E-state index is 6.67. The van der Waals surface area contributed by atoms with Gasteiger partial charge in [-0.1, -0.05) is 182 Å². The molecule has 0 N–H and O–H groups in total. The highest BCUT2D eigenvalue weighted by Gasteiger charge is 2.51. The molecule has 3 aromatic heterocycles. The first-order valence-corrected chi connectivity index (χ1v) is 21.6. The summed E-state index contributed by atoms with van der Waals surface area (Å²) in [6.07, 6.45) is 0. The van der Waals surface area contributed by atoms with Gasteiger partial charge in [-0.2, -0.15) is 0 Å². The van der Waals surface area contributed by atoms with Gasteiger partial charge in [-0.25, -0.2) is 9.97 Å². The van der Waals surface area contributed by atoms with E-state index in [9.17, 15) is 0 Å². The van der Waals surface area contributed by atoms with Crippen molar-refractivity contribution in [3.05, 3.63) is 235 Å². The Morgan fingerprint density at radius 2 is 0.984 bits per heavy atom. The van der Waals surface area contributed by atoms with Gasteiger partial charge in [0.25, 0.3) is 0 Å². The Balaban J connectivity index is 1.08. The lowest BCUT2D eigenvalue weighted by atomic mass is 9.65. The lowest BCUT2D eigenvalue weighted by Gasteiger charge is -2.39. The topological polar surface area (TPSA) is 43.9 Å². The minimum Gasteiger partial charge on any atom is -0.455 e. The second kappa shape index (κ2) is 12.8. The summed E-state index contributed by atoms with van der Waals surface area (Å²) in [5.74, 6) is 0.665. The molecule has 0 fully saturated rings. The molecule has 4 nitrogen and oxygen atoms in total. The maximum Gasteiger partial charge on any atom is 0.161 e. The van der Waals surface area contributed by atoms with E-state index in [-0.39, 0.29) is 0 Å². The van der Waals surface area contributed by atoms with Crippen molar-refractivity contribution in [3.63, 3.8) is 0 Å². The zero-order valence-electron chi connectivity index (χ0n) is 34.0. The number of benzene rings is 9. The third kappa shape index (κ3) is 4.59. The van der Waals surface area contributed by atoms with Gasteiger partial charge in [0.05, 0.1) is 33.5 Å². The van der Waals surface area contributed by atoms with E-state index in [0.29, 0.717) is 5.82 Å². The monoisotopic (exact) mass is 801 g/mol. The van der Waals surface area contributed by atoms with Crippen LogP contribution in [0.15, 0.2) is 217 Å². The largest absolute Gasteiger partial charge is 0.455 e. The molecule has 63 heavy (non-hydrogen) atoms.